The van der Waals surface area contributed by atoms with Gasteiger partial charge in [0.05, 0.1) is 11.8 Å². The van der Waals surface area contributed by atoms with Crippen molar-refractivity contribution in [3.8, 4) is 11.4 Å². The summed E-state index contributed by atoms with van der Waals surface area (Å²) in [7, 11) is 0. The van der Waals surface area contributed by atoms with Crippen LogP contribution in [0.2, 0.25) is 0 Å². The second-order valence-corrected chi connectivity index (χ2v) is 5.15. The molecule has 0 aliphatic carbocycles. The lowest BCUT2D eigenvalue weighted by Gasteiger charge is -2.07. The zero-order valence-electron chi connectivity index (χ0n) is 12.7. The standard InChI is InChI=1S/C15H23N5/c1-5-7-13-8-14(16-6-2)19-15(18-13)12-9-17-20(10-12)11(3)4/h8-11H,5-7H2,1-4H3,(H,16,18,19). The van der Waals surface area contributed by atoms with Gasteiger partial charge in [-0.05, 0) is 27.2 Å². The molecule has 1 N–H and O–H groups in total. The highest BCUT2D eigenvalue weighted by Crippen LogP contribution is 2.19. The molecule has 0 saturated carbocycles. The highest BCUT2D eigenvalue weighted by atomic mass is 15.3. The van der Waals surface area contributed by atoms with E-state index in [0.717, 1.165) is 42.3 Å². The predicted octanol–water partition coefficient (Wildman–Crippen LogP) is 3.31. The van der Waals surface area contributed by atoms with Crippen molar-refractivity contribution in [3.63, 3.8) is 0 Å². The molecular formula is C15H23N5. The SMILES string of the molecule is CCCc1cc(NCC)nc(-c2cnn(C(C)C)c2)n1. The fourth-order valence-electron chi connectivity index (χ4n) is 2.02. The van der Waals surface area contributed by atoms with E-state index >= 15 is 0 Å². The Balaban J connectivity index is 2.37. The Kier molecular flexibility index (Phi) is 4.71. The summed E-state index contributed by atoms with van der Waals surface area (Å²) in [6.45, 7) is 9.29. The van der Waals surface area contributed by atoms with Crippen LogP contribution in [-0.4, -0.2) is 26.3 Å². The lowest BCUT2D eigenvalue weighted by molar-refractivity contribution is 0.532. The van der Waals surface area contributed by atoms with Gasteiger partial charge >= 0.3 is 0 Å². The molecule has 108 valence electrons. The molecule has 0 saturated heterocycles. The summed E-state index contributed by atoms with van der Waals surface area (Å²) in [4.78, 5) is 9.22. The van der Waals surface area contributed by atoms with E-state index in [9.17, 15) is 0 Å². The number of rotatable bonds is 6. The molecule has 5 nitrogen and oxygen atoms in total. The average molecular weight is 273 g/mol. The van der Waals surface area contributed by atoms with Gasteiger partial charge < -0.3 is 5.32 Å². The Labute approximate surface area is 120 Å². The number of hydrogen-bond acceptors (Lipinski definition) is 4. The number of hydrogen-bond donors (Lipinski definition) is 1. The quantitative estimate of drug-likeness (QED) is 0.877. The van der Waals surface area contributed by atoms with Crippen LogP contribution in [0.25, 0.3) is 11.4 Å². The summed E-state index contributed by atoms with van der Waals surface area (Å²) >= 11 is 0. The first-order valence-corrected chi connectivity index (χ1v) is 7.30. The van der Waals surface area contributed by atoms with Gasteiger partial charge in [-0.25, -0.2) is 9.97 Å². The van der Waals surface area contributed by atoms with Crippen molar-refractivity contribution in [2.45, 2.75) is 46.6 Å². The highest BCUT2D eigenvalue weighted by Gasteiger charge is 2.09. The van der Waals surface area contributed by atoms with E-state index in [1.165, 1.54) is 0 Å². The number of anilines is 1. The predicted molar refractivity (Wildman–Crippen MR) is 81.8 cm³/mol. The van der Waals surface area contributed by atoms with Crippen molar-refractivity contribution in [3.05, 3.63) is 24.2 Å². The molecule has 0 fully saturated rings. The number of nitrogens with zero attached hydrogens (tertiary/aromatic N) is 4. The molecule has 0 aromatic carbocycles. The molecule has 0 aliphatic rings. The third-order valence-electron chi connectivity index (χ3n) is 3.03. The van der Waals surface area contributed by atoms with Crippen LogP contribution in [0, 0.1) is 0 Å². The fourth-order valence-corrected chi connectivity index (χ4v) is 2.02. The summed E-state index contributed by atoms with van der Waals surface area (Å²) in [6, 6.07) is 2.37. The van der Waals surface area contributed by atoms with Gasteiger partial charge in [0.25, 0.3) is 0 Å². The minimum Gasteiger partial charge on any atom is -0.370 e. The minimum absolute atomic E-state index is 0.343. The van der Waals surface area contributed by atoms with Gasteiger partial charge in [0.2, 0.25) is 0 Å². The van der Waals surface area contributed by atoms with E-state index in [0.29, 0.717) is 6.04 Å². The molecule has 0 amide bonds. The summed E-state index contributed by atoms with van der Waals surface area (Å²) < 4.78 is 1.93. The van der Waals surface area contributed by atoms with Crippen LogP contribution >= 0.6 is 0 Å². The van der Waals surface area contributed by atoms with E-state index in [-0.39, 0.29) is 0 Å². The molecule has 0 aliphatic heterocycles. The maximum absolute atomic E-state index is 4.64. The molecule has 20 heavy (non-hydrogen) atoms. The van der Waals surface area contributed by atoms with Crippen LogP contribution < -0.4 is 5.32 Å². The maximum Gasteiger partial charge on any atom is 0.164 e. The Morgan fingerprint density at radius 3 is 2.65 bits per heavy atom. The van der Waals surface area contributed by atoms with Crippen LogP contribution in [0.4, 0.5) is 5.82 Å². The summed E-state index contributed by atoms with van der Waals surface area (Å²) in [5, 5.41) is 7.63. The van der Waals surface area contributed by atoms with Crippen molar-refractivity contribution >= 4 is 5.82 Å². The Morgan fingerprint density at radius 1 is 1.25 bits per heavy atom. The summed E-state index contributed by atoms with van der Waals surface area (Å²) in [5.41, 5.74) is 2.04. The normalized spacial score (nSPS) is 11.1. The Bertz CT molecular complexity index is 535. The van der Waals surface area contributed by atoms with Crippen molar-refractivity contribution in [2.75, 3.05) is 11.9 Å². The summed E-state index contributed by atoms with van der Waals surface area (Å²) in [6.07, 6.45) is 5.88. The van der Waals surface area contributed by atoms with Crippen molar-refractivity contribution in [1.82, 2.24) is 19.7 Å². The molecule has 0 atom stereocenters. The van der Waals surface area contributed by atoms with Gasteiger partial charge in [0, 0.05) is 30.5 Å². The first-order valence-electron chi connectivity index (χ1n) is 7.30. The number of aryl methyl sites for hydroxylation is 1. The molecule has 2 heterocycles. The highest BCUT2D eigenvalue weighted by molar-refractivity contribution is 5.55. The molecule has 0 unspecified atom stereocenters. The van der Waals surface area contributed by atoms with Gasteiger partial charge in [0.15, 0.2) is 5.82 Å². The first kappa shape index (κ1) is 14.5. The fraction of sp³-hybridized carbons (Fsp3) is 0.533. The monoisotopic (exact) mass is 273 g/mol. The van der Waals surface area contributed by atoms with Crippen LogP contribution in [-0.2, 0) is 6.42 Å². The van der Waals surface area contributed by atoms with E-state index in [1.54, 1.807) is 0 Å². The lowest BCUT2D eigenvalue weighted by atomic mass is 10.2. The molecule has 2 aromatic heterocycles. The van der Waals surface area contributed by atoms with Gasteiger partial charge in [-0.1, -0.05) is 13.3 Å². The number of nitrogens with one attached hydrogen (secondary N) is 1. The smallest absolute Gasteiger partial charge is 0.164 e. The third-order valence-corrected chi connectivity index (χ3v) is 3.03. The van der Waals surface area contributed by atoms with Gasteiger partial charge in [-0.15, -0.1) is 0 Å². The largest absolute Gasteiger partial charge is 0.370 e. The average Bonchev–Trinajstić information content (AvgIpc) is 2.89. The molecule has 2 aromatic rings. The molecule has 2 rings (SSSR count). The molecule has 0 radical (unpaired) electrons. The van der Waals surface area contributed by atoms with Crippen LogP contribution in [0.15, 0.2) is 18.5 Å². The molecule has 5 heteroatoms. The van der Waals surface area contributed by atoms with E-state index in [2.05, 4.69) is 48.1 Å². The molecule has 0 spiro atoms. The van der Waals surface area contributed by atoms with Gasteiger partial charge in [-0.3, -0.25) is 4.68 Å². The van der Waals surface area contributed by atoms with Crippen LogP contribution in [0.3, 0.4) is 0 Å². The molecular weight excluding hydrogens is 250 g/mol. The summed E-state index contributed by atoms with van der Waals surface area (Å²) in [5.74, 6) is 1.64. The maximum atomic E-state index is 4.64. The third kappa shape index (κ3) is 3.35. The topological polar surface area (TPSA) is 55.6 Å². The van der Waals surface area contributed by atoms with E-state index < -0.39 is 0 Å². The Hall–Kier alpha value is -1.91. The second-order valence-electron chi connectivity index (χ2n) is 5.15. The van der Waals surface area contributed by atoms with E-state index in [1.807, 2.05) is 23.1 Å². The Morgan fingerprint density at radius 2 is 2.05 bits per heavy atom. The van der Waals surface area contributed by atoms with Gasteiger partial charge in [-0.2, -0.15) is 5.10 Å². The zero-order chi connectivity index (χ0) is 14.5. The lowest BCUT2D eigenvalue weighted by Crippen LogP contribution is -2.04. The first-order chi connectivity index (χ1) is 9.63. The van der Waals surface area contributed by atoms with Crippen molar-refractivity contribution in [1.29, 1.82) is 0 Å². The molecule has 0 bridgehead atoms. The zero-order valence-corrected chi connectivity index (χ0v) is 12.7. The minimum atomic E-state index is 0.343. The second kappa shape index (κ2) is 6.50. The van der Waals surface area contributed by atoms with Crippen molar-refractivity contribution < 1.29 is 0 Å². The number of aromatic nitrogens is 4. The van der Waals surface area contributed by atoms with Crippen LogP contribution in [0.5, 0.6) is 0 Å². The van der Waals surface area contributed by atoms with Gasteiger partial charge in [0.1, 0.15) is 5.82 Å². The van der Waals surface area contributed by atoms with E-state index in [4.69, 9.17) is 0 Å². The van der Waals surface area contributed by atoms with Crippen molar-refractivity contribution in [2.24, 2.45) is 0 Å². The van der Waals surface area contributed by atoms with Crippen LogP contribution in [0.1, 0.15) is 45.9 Å².